The number of piperidine rings is 1. The smallest absolute Gasteiger partial charge is 0.0131 e. The van der Waals surface area contributed by atoms with Gasteiger partial charge in [-0.05, 0) is 56.4 Å². The quantitative estimate of drug-likeness (QED) is 0.691. The van der Waals surface area contributed by atoms with Crippen LogP contribution in [0.2, 0.25) is 0 Å². The van der Waals surface area contributed by atoms with E-state index in [9.17, 15) is 0 Å². The molecule has 1 unspecified atom stereocenters. The van der Waals surface area contributed by atoms with Crippen LogP contribution in [0.1, 0.15) is 78.1 Å². The summed E-state index contributed by atoms with van der Waals surface area (Å²) in [4.78, 5) is 2.97. The molecule has 0 aromatic rings. The van der Waals surface area contributed by atoms with Crippen molar-refractivity contribution in [3.8, 4) is 0 Å². The topological polar surface area (TPSA) is 3.24 Å². The largest absolute Gasteiger partial charge is 0.297 e. The molecule has 0 aromatic carbocycles. The van der Waals surface area contributed by atoms with Crippen LogP contribution in [0.3, 0.4) is 0 Å². The van der Waals surface area contributed by atoms with Crippen molar-refractivity contribution in [3.05, 3.63) is 0 Å². The molecule has 0 amide bonds. The number of rotatable bonds is 2. The maximum atomic E-state index is 2.97. The zero-order chi connectivity index (χ0) is 12.6. The highest BCUT2D eigenvalue weighted by atomic mass is 15.2. The van der Waals surface area contributed by atoms with Crippen LogP contribution in [0.15, 0.2) is 0 Å². The third kappa shape index (κ3) is 2.61. The number of hydrogen-bond donors (Lipinski definition) is 0. The van der Waals surface area contributed by atoms with Gasteiger partial charge < -0.3 is 0 Å². The molecule has 3 aliphatic rings. The van der Waals surface area contributed by atoms with E-state index >= 15 is 0 Å². The summed E-state index contributed by atoms with van der Waals surface area (Å²) < 4.78 is 0. The molecule has 104 valence electrons. The van der Waals surface area contributed by atoms with Crippen molar-refractivity contribution in [2.75, 3.05) is 6.54 Å². The van der Waals surface area contributed by atoms with Gasteiger partial charge in [0.15, 0.2) is 0 Å². The third-order valence-corrected chi connectivity index (χ3v) is 5.97. The van der Waals surface area contributed by atoms with Crippen LogP contribution in [0.4, 0.5) is 0 Å². The average Bonchev–Trinajstić information content (AvgIpc) is 3.01. The van der Waals surface area contributed by atoms with Gasteiger partial charge in [-0.2, -0.15) is 0 Å². The fourth-order valence-corrected chi connectivity index (χ4v) is 4.85. The highest BCUT2D eigenvalue weighted by Gasteiger charge is 2.41. The van der Waals surface area contributed by atoms with Crippen LogP contribution in [-0.4, -0.2) is 23.5 Å². The standard InChI is InChI=1S/C17H31N/c1-17(2)11-12-18(15-9-5-6-10-15)16(13-17)14-7-3-4-8-14/h14-16H,3-13H2,1-2H3. The van der Waals surface area contributed by atoms with E-state index in [4.69, 9.17) is 0 Å². The summed E-state index contributed by atoms with van der Waals surface area (Å²) in [5, 5.41) is 0. The second-order valence-corrected chi connectivity index (χ2v) is 7.91. The van der Waals surface area contributed by atoms with Crippen LogP contribution in [-0.2, 0) is 0 Å². The third-order valence-electron chi connectivity index (χ3n) is 5.97. The van der Waals surface area contributed by atoms with Crippen molar-refractivity contribution in [1.82, 2.24) is 4.90 Å². The first-order valence-corrected chi connectivity index (χ1v) is 8.41. The fraction of sp³-hybridized carbons (Fsp3) is 1.00. The van der Waals surface area contributed by atoms with Crippen LogP contribution < -0.4 is 0 Å². The summed E-state index contributed by atoms with van der Waals surface area (Å²) in [5.74, 6) is 1.03. The van der Waals surface area contributed by atoms with Crippen molar-refractivity contribution in [2.45, 2.75) is 90.1 Å². The van der Waals surface area contributed by atoms with E-state index in [0.717, 1.165) is 18.0 Å². The van der Waals surface area contributed by atoms with E-state index < -0.39 is 0 Å². The lowest BCUT2D eigenvalue weighted by molar-refractivity contribution is 0.00812. The Kier molecular flexibility index (Phi) is 3.71. The number of nitrogens with zero attached hydrogens (tertiary/aromatic N) is 1. The van der Waals surface area contributed by atoms with Gasteiger partial charge in [0.05, 0.1) is 0 Å². The van der Waals surface area contributed by atoms with Crippen molar-refractivity contribution in [3.63, 3.8) is 0 Å². The van der Waals surface area contributed by atoms with Gasteiger partial charge in [0.1, 0.15) is 0 Å². The number of likely N-dealkylation sites (tertiary alicyclic amines) is 1. The molecule has 1 atom stereocenters. The maximum absolute atomic E-state index is 2.97. The Hall–Kier alpha value is -0.0400. The second-order valence-electron chi connectivity index (χ2n) is 7.91. The van der Waals surface area contributed by atoms with Gasteiger partial charge in [-0.1, -0.05) is 39.5 Å². The van der Waals surface area contributed by atoms with Crippen molar-refractivity contribution in [1.29, 1.82) is 0 Å². The molecule has 0 bridgehead atoms. The molecule has 1 nitrogen and oxygen atoms in total. The van der Waals surface area contributed by atoms with Crippen molar-refractivity contribution < 1.29 is 0 Å². The number of hydrogen-bond acceptors (Lipinski definition) is 1. The van der Waals surface area contributed by atoms with E-state index in [-0.39, 0.29) is 0 Å². The molecule has 0 aromatic heterocycles. The van der Waals surface area contributed by atoms with E-state index in [1.807, 2.05) is 0 Å². The van der Waals surface area contributed by atoms with E-state index in [0.29, 0.717) is 5.41 Å². The average molecular weight is 249 g/mol. The molecule has 0 radical (unpaired) electrons. The summed E-state index contributed by atoms with van der Waals surface area (Å²) in [6, 6.07) is 1.88. The van der Waals surface area contributed by atoms with Crippen LogP contribution >= 0.6 is 0 Å². The van der Waals surface area contributed by atoms with Crippen LogP contribution in [0.25, 0.3) is 0 Å². The Labute approximate surface area is 113 Å². The van der Waals surface area contributed by atoms with Gasteiger partial charge in [0.2, 0.25) is 0 Å². The first-order valence-electron chi connectivity index (χ1n) is 8.41. The van der Waals surface area contributed by atoms with Gasteiger partial charge in [0, 0.05) is 12.1 Å². The highest BCUT2D eigenvalue weighted by molar-refractivity contribution is 4.95. The lowest BCUT2D eigenvalue weighted by Crippen LogP contribution is -2.52. The maximum Gasteiger partial charge on any atom is 0.0131 e. The molecule has 1 saturated heterocycles. The zero-order valence-electron chi connectivity index (χ0n) is 12.5. The summed E-state index contributed by atoms with van der Waals surface area (Å²) in [6.07, 6.45) is 14.9. The minimum Gasteiger partial charge on any atom is -0.297 e. The van der Waals surface area contributed by atoms with Gasteiger partial charge >= 0.3 is 0 Å². The van der Waals surface area contributed by atoms with E-state index in [1.165, 1.54) is 70.8 Å². The Bertz CT molecular complexity index is 271. The van der Waals surface area contributed by atoms with E-state index in [1.54, 1.807) is 0 Å². The first-order chi connectivity index (χ1) is 8.66. The van der Waals surface area contributed by atoms with Crippen LogP contribution in [0.5, 0.6) is 0 Å². The molecule has 1 heterocycles. The van der Waals surface area contributed by atoms with Gasteiger partial charge in [-0.3, -0.25) is 4.90 Å². The molecular weight excluding hydrogens is 218 g/mol. The van der Waals surface area contributed by atoms with Gasteiger partial charge in [-0.25, -0.2) is 0 Å². The summed E-state index contributed by atoms with van der Waals surface area (Å²) in [6.45, 7) is 6.39. The molecule has 0 spiro atoms. The van der Waals surface area contributed by atoms with Crippen molar-refractivity contribution in [2.24, 2.45) is 11.3 Å². The predicted molar refractivity (Wildman–Crippen MR) is 77.7 cm³/mol. The lowest BCUT2D eigenvalue weighted by Gasteiger charge is -2.48. The van der Waals surface area contributed by atoms with Crippen LogP contribution in [0, 0.1) is 11.3 Å². The minimum atomic E-state index is 0.600. The van der Waals surface area contributed by atoms with E-state index in [2.05, 4.69) is 18.7 Å². The SMILES string of the molecule is CC1(C)CCN(C2CCCC2)C(C2CCCC2)C1. The monoisotopic (exact) mass is 249 g/mol. The molecule has 1 heteroatoms. The highest BCUT2D eigenvalue weighted by Crippen LogP contribution is 2.43. The summed E-state index contributed by atoms with van der Waals surface area (Å²) in [5.41, 5.74) is 0.600. The normalized spacial score (nSPS) is 35.3. The zero-order valence-corrected chi connectivity index (χ0v) is 12.5. The molecular formula is C17H31N. The Morgan fingerprint density at radius 3 is 2.17 bits per heavy atom. The molecule has 3 fully saturated rings. The predicted octanol–water partition coefficient (Wildman–Crippen LogP) is 4.61. The summed E-state index contributed by atoms with van der Waals surface area (Å²) in [7, 11) is 0. The Morgan fingerprint density at radius 1 is 0.889 bits per heavy atom. The Balaban J connectivity index is 1.73. The molecule has 18 heavy (non-hydrogen) atoms. The lowest BCUT2D eigenvalue weighted by atomic mass is 9.74. The summed E-state index contributed by atoms with van der Waals surface area (Å²) >= 11 is 0. The fourth-order valence-electron chi connectivity index (χ4n) is 4.85. The molecule has 2 aliphatic carbocycles. The Morgan fingerprint density at radius 2 is 1.50 bits per heavy atom. The second kappa shape index (κ2) is 5.15. The molecule has 3 rings (SSSR count). The molecule has 0 N–H and O–H groups in total. The first kappa shape index (κ1) is 13.0. The minimum absolute atomic E-state index is 0.600. The van der Waals surface area contributed by atoms with Gasteiger partial charge in [-0.15, -0.1) is 0 Å². The molecule has 1 aliphatic heterocycles. The van der Waals surface area contributed by atoms with Crippen molar-refractivity contribution >= 4 is 0 Å². The van der Waals surface area contributed by atoms with Gasteiger partial charge in [0.25, 0.3) is 0 Å². The molecule has 2 saturated carbocycles.